The number of amides is 2. The Balaban J connectivity index is 2.02. The number of methoxy groups -OCH3 is 1. The zero-order chi connectivity index (χ0) is 19.8. The van der Waals surface area contributed by atoms with Crippen LogP contribution in [-0.4, -0.2) is 25.0 Å². The van der Waals surface area contributed by atoms with Crippen molar-refractivity contribution in [2.45, 2.75) is 32.9 Å². The number of hydrogen-bond acceptors (Lipinski definition) is 3. The first-order valence-corrected chi connectivity index (χ1v) is 9.29. The number of halogens is 1. The molecule has 0 bridgehead atoms. The summed E-state index contributed by atoms with van der Waals surface area (Å²) in [7, 11) is 1.61. The lowest BCUT2D eigenvalue weighted by Gasteiger charge is -2.23. The Morgan fingerprint density at radius 1 is 1.07 bits per heavy atom. The van der Waals surface area contributed by atoms with Gasteiger partial charge in [-0.25, -0.2) is 0 Å². The van der Waals surface area contributed by atoms with Crippen molar-refractivity contribution in [2.24, 2.45) is 5.92 Å². The Hall–Kier alpha value is -2.53. The molecule has 0 aromatic heterocycles. The van der Waals surface area contributed by atoms with Gasteiger partial charge in [-0.3, -0.25) is 9.59 Å². The van der Waals surface area contributed by atoms with Crippen LogP contribution in [0.1, 0.15) is 36.2 Å². The SMILES string of the molecule is CCC(C)C(NC(=O)c1ccc(Cl)cc1)C(=O)NCc1ccc(OC)cc1. The van der Waals surface area contributed by atoms with Gasteiger partial charge in [-0.2, -0.15) is 0 Å². The van der Waals surface area contributed by atoms with Crippen molar-refractivity contribution in [1.82, 2.24) is 10.6 Å². The smallest absolute Gasteiger partial charge is 0.251 e. The summed E-state index contributed by atoms with van der Waals surface area (Å²) in [5.74, 6) is 0.258. The van der Waals surface area contributed by atoms with Crippen LogP contribution in [0, 0.1) is 5.92 Å². The molecule has 144 valence electrons. The average molecular weight is 389 g/mol. The molecule has 0 saturated heterocycles. The number of carbonyl (C=O) groups is 2. The molecule has 0 heterocycles. The third-order valence-corrected chi connectivity index (χ3v) is 4.77. The summed E-state index contributed by atoms with van der Waals surface area (Å²) < 4.78 is 5.13. The second-order valence-corrected chi connectivity index (χ2v) is 6.85. The highest BCUT2D eigenvalue weighted by atomic mass is 35.5. The van der Waals surface area contributed by atoms with E-state index in [2.05, 4.69) is 10.6 Å². The highest BCUT2D eigenvalue weighted by Gasteiger charge is 2.26. The number of nitrogens with one attached hydrogen (secondary N) is 2. The van der Waals surface area contributed by atoms with Crippen molar-refractivity contribution >= 4 is 23.4 Å². The summed E-state index contributed by atoms with van der Waals surface area (Å²) in [4.78, 5) is 25.2. The van der Waals surface area contributed by atoms with Gasteiger partial charge in [-0.15, -0.1) is 0 Å². The largest absolute Gasteiger partial charge is 0.497 e. The van der Waals surface area contributed by atoms with Crippen LogP contribution in [-0.2, 0) is 11.3 Å². The first-order chi connectivity index (χ1) is 12.9. The van der Waals surface area contributed by atoms with Gasteiger partial charge >= 0.3 is 0 Å². The predicted molar refractivity (Wildman–Crippen MR) is 107 cm³/mol. The number of rotatable bonds is 8. The molecule has 6 heteroatoms. The fourth-order valence-corrected chi connectivity index (χ4v) is 2.70. The number of ether oxygens (including phenoxy) is 1. The van der Waals surface area contributed by atoms with E-state index in [4.69, 9.17) is 16.3 Å². The Kier molecular flexibility index (Phi) is 7.67. The van der Waals surface area contributed by atoms with Crippen LogP contribution in [0.3, 0.4) is 0 Å². The molecule has 0 saturated carbocycles. The molecule has 0 radical (unpaired) electrons. The molecule has 5 nitrogen and oxygen atoms in total. The fourth-order valence-electron chi connectivity index (χ4n) is 2.57. The summed E-state index contributed by atoms with van der Waals surface area (Å²) >= 11 is 5.86. The van der Waals surface area contributed by atoms with Gasteiger partial charge in [-0.05, 0) is 47.9 Å². The molecule has 2 aromatic carbocycles. The quantitative estimate of drug-likeness (QED) is 0.722. The molecule has 2 amide bonds. The first kappa shape index (κ1) is 20.8. The van der Waals surface area contributed by atoms with Crippen LogP contribution in [0.25, 0.3) is 0 Å². The van der Waals surface area contributed by atoms with Gasteiger partial charge in [0.2, 0.25) is 5.91 Å². The molecule has 0 aliphatic carbocycles. The van der Waals surface area contributed by atoms with E-state index in [-0.39, 0.29) is 17.7 Å². The Bertz CT molecular complexity index is 760. The monoisotopic (exact) mass is 388 g/mol. The second-order valence-electron chi connectivity index (χ2n) is 6.41. The minimum Gasteiger partial charge on any atom is -0.497 e. The van der Waals surface area contributed by atoms with Crippen LogP contribution in [0.2, 0.25) is 5.02 Å². The van der Waals surface area contributed by atoms with E-state index in [9.17, 15) is 9.59 Å². The molecular weight excluding hydrogens is 364 g/mol. The minimum absolute atomic E-state index is 0.00267. The molecule has 0 aliphatic rings. The van der Waals surface area contributed by atoms with Crippen molar-refractivity contribution in [2.75, 3.05) is 7.11 Å². The van der Waals surface area contributed by atoms with Gasteiger partial charge in [0.05, 0.1) is 7.11 Å². The third-order valence-electron chi connectivity index (χ3n) is 4.51. The molecule has 2 rings (SSSR count). The molecule has 0 spiro atoms. The maximum Gasteiger partial charge on any atom is 0.251 e. The topological polar surface area (TPSA) is 67.4 Å². The lowest BCUT2D eigenvalue weighted by atomic mass is 9.97. The third kappa shape index (κ3) is 6.00. The van der Waals surface area contributed by atoms with E-state index in [0.29, 0.717) is 17.1 Å². The highest BCUT2D eigenvalue weighted by molar-refractivity contribution is 6.30. The molecule has 2 aromatic rings. The van der Waals surface area contributed by atoms with E-state index >= 15 is 0 Å². The zero-order valence-electron chi connectivity index (χ0n) is 15.8. The summed E-state index contributed by atoms with van der Waals surface area (Å²) in [6.07, 6.45) is 0.765. The van der Waals surface area contributed by atoms with Crippen molar-refractivity contribution < 1.29 is 14.3 Å². The summed E-state index contributed by atoms with van der Waals surface area (Å²) in [5, 5.41) is 6.30. The molecule has 2 atom stereocenters. The van der Waals surface area contributed by atoms with Crippen molar-refractivity contribution in [1.29, 1.82) is 0 Å². The molecule has 0 aliphatic heterocycles. The van der Waals surface area contributed by atoms with Gasteiger partial charge in [0.15, 0.2) is 0 Å². The van der Waals surface area contributed by atoms with Crippen LogP contribution < -0.4 is 15.4 Å². The standard InChI is InChI=1S/C21H25ClN2O3/c1-4-14(2)19(24-20(25)16-7-9-17(22)10-8-16)21(26)23-13-15-5-11-18(27-3)12-6-15/h5-12,14,19H,4,13H2,1-3H3,(H,23,26)(H,24,25). The zero-order valence-corrected chi connectivity index (χ0v) is 16.5. The van der Waals surface area contributed by atoms with Crippen LogP contribution in [0.4, 0.5) is 0 Å². The van der Waals surface area contributed by atoms with Gasteiger partial charge in [-0.1, -0.05) is 44.0 Å². The first-order valence-electron chi connectivity index (χ1n) is 8.91. The second kappa shape index (κ2) is 9.97. The molecule has 2 N–H and O–H groups in total. The summed E-state index contributed by atoms with van der Waals surface area (Å²) in [6.45, 7) is 4.31. The maximum atomic E-state index is 12.7. The number of benzene rings is 2. The maximum absolute atomic E-state index is 12.7. The van der Waals surface area contributed by atoms with E-state index in [1.807, 2.05) is 38.1 Å². The Morgan fingerprint density at radius 2 is 1.70 bits per heavy atom. The number of carbonyl (C=O) groups excluding carboxylic acids is 2. The highest BCUT2D eigenvalue weighted by Crippen LogP contribution is 2.14. The van der Waals surface area contributed by atoms with Gasteiger partial charge in [0.25, 0.3) is 5.91 Å². The van der Waals surface area contributed by atoms with E-state index in [1.165, 1.54) is 0 Å². The van der Waals surface area contributed by atoms with E-state index < -0.39 is 6.04 Å². The van der Waals surface area contributed by atoms with E-state index in [0.717, 1.165) is 17.7 Å². The summed E-state index contributed by atoms with van der Waals surface area (Å²) in [6, 6.07) is 13.4. The van der Waals surface area contributed by atoms with Gasteiger partial charge in [0.1, 0.15) is 11.8 Å². The molecule has 0 fully saturated rings. The van der Waals surface area contributed by atoms with Crippen molar-refractivity contribution in [3.8, 4) is 5.75 Å². The van der Waals surface area contributed by atoms with Crippen molar-refractivity contribution in [3.05, 3.63) is 64.7 Å². The Morgan fingerprint density at radius 3 is 2.26 bits per heavy atom. The van der Waals surface area contributed by atoms with Gasteiger partial charge < -0.3 is 15.4 Å². The van der Waals surface area contributed by atoms with Crippen molar-refractivity contribution in [3.63, 3.8) is 0 Å². The predicted octanol–water partition coefficient (Wildman–Crippen LogP) is 3.81. The molecule has 27 heavy (non-hydrogen) atoms. The van der Waals surface area contributed by atoms with E-state index in [1.54, 1.807) is 31.4 Å². The normalized spacial score (nSPS) is 12.7. The molecular formula is C21H25ClN2O3. The molecule has 2 unspecified atom stereocenters. The summed E-state index contributed by atoms with van der Waals surface area (Å²) in [5.41, 5.74) is 1.42. The number of hydrogen-bond donors (Lipinski definition) is 2. The van der Waals surface area contributed by atoms with Gasteiger partial charge in [0, 0.05) is 17.1 Å². The Labute approximate surface area is 165 Å². The lowest BCUT2D eigenvalue weighted by molar-refractivity contribution is -0.124. The average Bonchev–Trinajstić information content (AvgIpc) is 2.70. The minimum atomic E-state index is -0.614. The lowest BCUT2D eigenvalue weighted by Crippen LogP contribution is -2.50. The van der Waals surface area contributed by atoms with Crippen LogP contribution in [0.5, 0.6) is 5.75 Å². The van der Waals surface area contributed by atoms with Crippen LogP contribution in [0.15, 0.2) is 48.5 Å². The van der Waals surface area contributed by atoms with Crippen LogP contribution >= 0.6 is 11.6 Å². The fraction of sp³-hybridized carbons (Fsp3) is 0.333.